The molecule has 0 fully saturated rings. The maximum atomic E-state index is 15.2. The van der Waals surface area contributed by atoms with Gasteiger partial charge in [0.2, 0.25) is 0 Å². The fourth-order valence-electron chi connectivity index (χ4n) is 7.85. The first-order chi connectivity index (χ1) is 24.0. The van der Waals surface area contributed by atoms with Crippen molar-refractivity contribution in [2.75, 3.05) is 0 Å². The second kappa shape index (κ2) is 11.1. The summed E-state index contributed by atoms with van der Waals surface area (Å²) in [6.45, 7) is 16.2. The molecule has 0 aliphatic heterocycles. The van der Waals surface area contributed by atoms with Gasteiger partial charge in [-0.05, 0) is 86.3 Å². The fourth-order valence-corrected chi connectivity index (χ4v) is 7.85. The average Bonchev–Trinajstić information content (AvgIpc) is 3.63. The minimum Gasteiger partial charge on any atom is -0.309 e. The minimum atomic E-state index is -4.78. The number of halogens is 3. The third kappa shape index (κ3) is 4.37. The summed E-state index contributed by atoms with van der Waals surface area (Å²) in [7, 11) is 0. The first-order valence-electron chi connectivity index (χ1n) is 16.2. The monoisotopic (exact) mass is 658 g/mol. The standard InChI is InChI=1S/C43H29F3N4/c1-24-11-6-17-31-37(24)38-25(2)12-7-18-32(38)49(31)35-21-28(23-47)22-36(42(35)41-29(43(44,45)46)15-10-16-30(41)48-5)50-33-19-8-13-26(3)39(33)40-27(4)14-9-20-34(40)50/h6-22H,1-4H3. The highest BCUT2D eigenvalue weighted by Gasteiger charge is 2.37. The van der Waals surface area contributed by atoms with Gasteiger partial charge < -0.3 is 9.13 Å². The van der Waals surface area contributed by atoms with Gasteiger partial charge in [-0.25, -0.2) is 4.85 Å². The van der Waals surface area contributed by atoms with Gasteiger partial charge in [0.25, 0.3) is 0 Å². The van der Waals surface area contributed by atoms with Gasteiger partial charge in [0.05, 0.1) is 57.2 Å². The van der Waals surface area contributed by atoms with Gasteiger partial charge in [-0.3, -0.25) is 0 Å². The van der Waals surface area contributed by atoms with E-state index in [1.807, 2.05) is 110 Å². The highest BCUT2D eigenvalue weighted by atomic mass is 19.4. The van der Waals surface area contributed by atoms with Crippen molar-refractivity contribution in [3.63, 3.8) is 0 Å². The summed E-state index contributed by atoms with van der Waals surface area (Å²) in [4.78, 5) is 3.68. The molecule has 0 N–H and O–H groups in total. The van der Waals surface area contributed by atoms with Crippen LogP contribution in [0.15, 0.2) is 103 Å². The summed E-state index contributed by atoms with van der Waals surface area (Å²) in [6, 6.07) is 33.1. The first kappa shape index (κ1) is 31.0. The number of fused-ring (bicyclic) bond motifs is 6. The molecule has 8 aromatic rings. The number of aryl methyl sites for hydroxylation is 4. The van der Waals surface area contributed by atoms with E-state index in [1.165, 1.54) is 12.1 Å². The van der Waals surface area contributed by atoms with Crippen LogP contribution in [-0.2, 0) is 6.18 Å². The zero-order valence-corrected chi connectivity index (χ0v) is 27.7. The Bertz CT molecular complexity index is 2550. The third-order valence-corrected chi connectivity index (χ3v) is 9.89. The second-order valence-corrected chi connectivity index (χ2v) is 12.9. The van der Waals surface area contributed by atoms with Crippen molar-refractivity contribution in [3.8, 4) is 28.6 Å². The van der Waals surface area contributed by atoms with Crippen molar-refractivity contribution in [3.05, 3.63) is 148 Å². The van der Waals surface area contributed by atoms with E-state index in [4.69, 9.17) is 6.57 Å². The number of hydrogen-bond donors (Lipinski definition) is 0. The van der Waals surface area contributed by atoms with Gasteiger partial charge >= 0.3 is 6.18 Å². The Kier molecular flexibility index (Phi) is 6.89. The smallest absolute Gasteiger partial charge is 0.309 e. The number of alkyl halides is 3. The van der Waals surface area contributed by atoms with Crippen LogP contribution in [0.4, 0.5) is 18.9 Å². The maximum Gasteiger partial charge on any atom is 0.415 e. The molecule has 0 bridgehead atoms. The van der Waals surface area contributed by atoms with E-state index in [-0.39, 0.29) is 22.4 Å². The normalized spacial score (nSPS) is 11.9. The molecule has 8 rings (SSSR count). The predicted octanol–water partition coefficient (Wildman–Crippen LogP) is 12.2. The van der Waals surface area contributed by atoms with Crippen molar-refractivity contribution in [2.45, 2.75) is 33.9 Å². The molecule has 6 aromatic carbocycles. The number of benzene rings is 6. The Labute approximate surface area is 286 Å². The predicted molar refractivity (Wildman–Crippen MR) is 195 cm³/mol. The summed E-state index contributed by atoms with van der Waals surface area (Å²) in [5.41, 5.74) is 7.22. The molecule has 0 radical (unpaired) electrons. The van der Waals surface area contributed by atoms with E-state index in [2.05, 4.69) is 10.9 Å². The van der Waals surface area contributed by atoms with E-state index in [0.717, 1.165) is 71.9 Å². The molecule has 0 spiro atoms. The lowest BCUT2D eigenvalue weighted by molar-refractivity contribution is -0.137. The summed E-state index contributed by atoms with van der Waals surface area (Å²) in [5, 5.41) is 14.5. The molecule has 4 nitrogen and oxygen atoms in total. The second-order valence-electron chi connectivity index (χ2n) is 12.9. The molecule has 0 atom stereocenters. The molecule has 0 saturated heterocycles. The lowest BCUT2D eigenvalue weighted by Crippen LogP contribution is -2.11. The average molecular weight is 659 g/mol. The van der Waals surface area contributed by atoms with Crippen molar-refractivity contribution in [1.29, 1.82) is 5.26 Å². The third-order valence-electron chi connectivity index (χ3n) is 9.89. The Balaban J connectivity index is 1.70. The quantitative estimate of drug-likeness (QED) is 0.174. The van der Waals surface area contributed by atoms with E-state index >= 15 is 13.2 Å². The molecule has 0 amide bonds. The van der Waals surface area contributed by atoms with E-state index in [0.29, 0.717) is 11.4 Å². The van der Waals surface area contributed by atoms with Crippen molar-refractivity contribution >= 4 is 49.3 Å². The molecule has 0 aliphatic carbocycles. The number of nitrogens with zero attached hydrogens (tertiary/aromatic N) is 4. The van der Waals surface area contributed by atoms with Crippen LogP contribution in [0.5, 0.6) is 0 Å². The summed E-state index contributed by atoms with van der Waals surface area (Å²) in [6.07, 6.45) is -4.78. The Morgan fingerprint density at radius 1 is 0.580 bits per heavy atom. The molecule has 2 aromatic heterocycles. The van der Waals surface area contributed by atoms with Gasteiger partial charge in [-0.2, -0.15) is 18.4 Å². The topological polar surface area (TPSA) is 38.0 Å². The molecule has 0 unspecified atom stereocenters. The molecule has 50 heavy (non-hydrogen) atoms. The first-order valence-corrected chi connectivity index (χ1v) is 16.2. The Morgan fingerprint density at radius 2 is 0.960 bits per heavy atom. The summed E-state index contributed by atoms with van der Waals surface area (Å²) < 4.78 is 49.5. The van der Waals surface area contributed by atoms with Crippen LogP contribution in [-0.4, -0.2) is 9.13 Å². The molecule has 242 valence electrons. The van der Waals surface area contributed by atoms with Crippen LogP contribution in [0.3, 0.4) is 0 Å². The largest absolute Gasteiger partial charge is 0.415 e. The van der Waals surface area contributed by atoms with Crippen LogP contribution in [0.2, 0.25) is 0 Å². The van der Waals surface area contributed by atoms with E-state index < -0.39 is 11.7 Å². The zero-order valence-electron chi connectivity index (χ0n) is 27.7. The minimum absolute atomic E-state index is 0.131. The van der Waals surface area contributed by atoms with Crippen molar-refractivity contribution in [2.24, 2.45) is 0 Å². The highest BCUT2D eigenvalue weighted by Crippen LogP contribution is 2.50. The van der Waals surface area contributed by atoms with Crippen LogP contribution in [0.25, 0.3) is 71.0 Å². The number of hydrogen-bond acceptors (Lipinski definition) is 1. The van der Waals surface area contributed by atoms with Crippen molar-refractivity contribution < 1.29 is 13.2 Å². The fraction of sp³-hybridized carbons (Fsp3) is 0.116. The molecule has 7 heteroatoms. The van der Waals surface area contributed by atoms with Gasteiger partial charge in [-0.15, -0.1) is 0 Å². The van der Waals surface area contributed by atoms with Gasteiger partial charge in [0.15, 0.2) is 5.69 Å². The molecule has 0 aliphatic rings. The van der Waals surface area contributed by atoms with E-state index in [9.17, 15) is 5.26 Å². The lowest BCUT2D eigenvalue weighted by atomic mass is 9.92. The van der Waals surface area contributed by atoms with Gasteiger partial charge in [0, 0.05) is 32.7 Å². The summed E-state index contributed by atoms with van der Waals surface area (Å²) >= 11 is 0. The summed E-state index contributed by atoms with van der Waals surface area (Å²) in [5.74, 6) is 0. The van der Waals surface area contributed by atoms with Crippen LogP contribution < -0.4 is 0 Å². The van der Waals surface area contributed by atoms with E-state index in [1.54, 1.807) is 12.1 Å². The lowest BCUT2D eigenvalue weighted by Gasteiger charge is -2.24. The Morgan fingerprint density at radius 3 is 1.30 bits per heavy atom. The molecule has 0 saturated carbocycles. The molecular weight excluding hydrogens is 629 g/mol. The van der Waals surface area contributed by atoms with Gasteiger partial charge in [-0.1, -0.05) is 66.7 Å². The Hall–Kier alpha value is -6.31. The number of nitriles is 1. The number of aromatic nitrogens is 2. The SMILES string of the molecule is [C-]#[N+]c1cccc(C(F)(F)F)c1-c1c(-n2c3cccc(C)c3c3c(C)cccc32)cc(C#N)cc1-n1c2cccc(C)c2c2c(C)cccc21. The highest BCUT2D eigenvalue weighted by molar-refractivity contribution is 6.15. The van der Waals surface area contributed by atoms with Gasteiger partial charge in [0.1, 0.15) is 0 Å². The van der Waals surface area contributed by atoms with Crippen LogP contribution >= 0.6 is 0 Å². The van der Waals surface area contributed by atoms with Crippen LogP contribution in [0, 0.1) is 45.6 Å². The number of rotatable bonds is 3. The molecular formula is C43H29F3N4. The zero-order chi connectivity index (χ0) is 35.1. The molecule has 2 heterocycles. The van der Waals surface area contributed by atoms with Crippen LogP contribution in [0.1, 0.15) is 33.4 Å². The van der Waals surface area contributed by atoms with Crippen molar-refractivity contribution in [1.82, 2.24) is 9.13 Å². The maximum absolute atomic E-state index is 15.2.